The van der Waals surface area contributed by atoms with Gasteiger partial charge in [0.15, 0.2) is 0 Å². The molecule has 0 N–H and O–H groups in total. The van der Waals surface area contributed by atoms with Gasteiger partial charge in [0.05, 0.1) is 11.1 Å². The molecule has 1 aromatic rings. The van der Waals surface area contributed by atoms with Crippen LogP contribution in [0.2, 0.25) is 0 Å². The van der Waals surface area contributed by atoms with Crippen molar-refractivity contribution in [3.05, 3.63) is 23.5 Å². The van der Waals surface area contributed by atoms with Gasteiger partial charge in [-0.25, -0.2) is 0 Å². The number of hydrogen-bond donors (Lipinski definition) is 0. The van der Waals surface area contributed by atoms with Crippen molar-refractivity contribution in [2.24, 2.45) is 12.5 Å². The molecule has 0 saturated carbocycles. The zero-order chi connectivity index (χ0) is 11.8. The number of alkyl halides is 1. The summed E-state index contributed by atoms with van der Waals surface area (Å²) in [7, 11) is 1.89. The van der Waals surface area contributed by atoms with Crippen molar-refractivity contribution in [3.63, 3.8) is 0 Å². The van der Waals surface area contributed by atoms with Crippen LogP contribution in [0.1, 0.15) is 32.4 Å². The lowest BCUT2D eigenvalue weighted by Gasteiger charge is -2.32. The third-order valence-electron chi connectivity index (χ3n) is 2.93. The minimum absolute atomic E-state index is 0.162. The van der Waals surface area contributed by atoms with E-state index in [9.17, 15) is 0 Å². The first kappa shape index (κ1) is 11.6. The summed E-state index contributed by atoms with van der Waals surface area (Å²) >= 11 is 6.25. The smallest absolute Gasteiger partial charge is 0.0867 e. The topological polar surface area (TPSA) is 30.7 Å². The van der Waals surface area contributed by atoms with Crippen LogP contribution in [0, 0.1) is 5.41 Å². The second-order valence-electron chi connectivity index (χ2n) is 5.45. The van der Waals surface area contributed by atoms with Gasteiger partial charge in [0.2, 0.25) is 0 Å². The number of nitrogens with zero attached hydrogens (tertiary/aromatic N) is 3. The molecule has 88 valence electrons. The Bertz CT molecular complexity index is 406. The highest BCUT2D eigenvalue weighted by Gasteiger charge is 2.27. The Morgan fingerprint density at radius 2 is 2.31 bits per heavy atom. The normalized spacial score (nSPS) is 24.2. The molecule has 0 radical (unpaired) electrons. The van der Waals surface area contributed by atoms with Crippen molar-refractivity contribution in [2.45, 2.75) is 38.5 Å². The fourth-order valence-electron chi connectivity index (χ4n) is 2.42. The van der Waals surface area contributed by atoms with Crippen LogP contribution in [0.5, 0.6) is 0 Å². The monoisotopic (exact) mass is 239 g/mol. The van der Waals surface area contributed by atoms with Crippen LogP contribution in [0.15, 0.2) is 17.8 Å². The summed E-state index contributed by atoms with van der Waals surface area (Å²) in [6.07, 6.45) is 7.18. The predicted octanol–water partition coefficient (Wildman–Crippen LogP) is 2.71. The van der Waals surface area contributed by atoms with Crippen molar-refractivity contribution in [1.82, 2.24) is 15.0 Å². The molecular formula is C12H18ClN3. The number of aryl methyl sites for hydroxylation is 1. The molecule has 0 amide bonds. The Balaban J connectivity index is 2.10. The van der Waals surface area contributed by atoms with E-state index in [-0.39, 0.29) is 5.38 Å². The van der Waals surface area contributed by atoms with Crippen LogP contribution >= 0.6 is 11.6 Å². The highest BCUT2D eigenvalue weighted by Crippen LogP contribution is 2.38. The van der Waals surface area contributed by atoms with Crippen molar-refractivity contribution < 1.29 is 0 Å². The zero-order valence-corrected chi connectivity index (χ0v) is 10.8. The van der Waals surface area contributed by atoms with Crippen LogP contribution in [-0.2, 0) is 13.5 Å². The third kappa shape index (κ3) is 2.85. The summed E-state index contributed by atoms with van der Waals surface area (Å²) in [4.78, 5) is 0. The van der Waals surface area contributed by atoms with Gasteiger partial charge in [-0.05, 0) is 18.3 Å². The van der Waals surface area contributed by atoms with Crippen LogP contribution in [0.3, 0.4) is 0 Å². The van der Waals surface area contributed by atoms with E-state index in [0.717, 1.165) is 25.0 Å². The average Bonchev–Trinajstić information content (AvgIpc) is 2.46. The van der Waals surface area contributed by atoms with Gasteiger partial charge in [-0.15, -0.1) is 16.7 Å². The Kier molecular flexibility index (Phi) is 3.06. The van der Waals surface area contributed by atoms with E-state index in [1.165, 1.54) is 5.57 Å². The molecule has 0 spiro atoms. The van der Waals surface area contributed by atoms with Crippen molar-refractivity contribution >= 4 is 11.6 Å². The first-order valence-corrected chi connectivity index (χ1v) is 6.07. The SMILES string of the molecule is Cn1cc(CC2=CC(Cl)CC(C)(C)C2)nn1. The van der Waals surface area contributed by atoms with Gasteiger partial charge in [0.25, 0.3) is 0 Å². The standard InChI is InChI=1S/C12H18ClN3/c1-12(2)6-9(4-10(13)7-12)5-11-8-16(3)15-14-11/h4,8,10H,5-7H2,1-3H3. The highest BCUT2D eigenvalue weighted by molar-refractivity contribution is 6.21. The Morgan fingerprint density at radius 1 is 1.56 bits per heavy atom. The Morgan fingerprint density at radius 3 is 2.88 bits per heavy atom. The van der Waals surface area contributed by atoms with E-state index in [1.807, 2.05) is 13.2 Å². The van der Waals surface area contributed by atoms with Crippen LogP contribution < -0.4 is 0 Å². The average molecular weight is 240 g/mol. The van der Waals surface area contributed by atoms with Gasteiger partial charge < -0.3 is 0 Å². The molecule has 1 unspecified atom stereocenters. The number of halogens is 1. The molecule has 3 nitrogen and oxygen atoms in total. The second kappa shape index (κ2) is 4.21. The maximum absolute atomic E-state index is 6.25. The summed E-state index contributed by atoms with van der Waals surface area (Å²) in [5.74, 6) is 0. The molecule has 0 saturated heterocycles. The number of rotatable bonds is 2. The van der Waals surface area contributed by atoms with Gasteiger partial charge in [-0.1, -0.05) is 30.7 Å². The molecule has 0 aliphatic heterocycles. The van der Waals surface area contributed by atoms with Crippen LogP contribution in [-0.4, -0.2) is 20.4 Å². The van der Waals surface area contributed by atoms with Crippen molar-refractivity contribution in [1.29, 1.82) is 0 Å². The van der Waals surface area contributed by atoms with E-state index in [2.05, 4.69) is 30.2 Å². The number of hydrogen-bond acceptors (Lipinski definition) is 2. The van der Waals surface area contributed by atoms with Gasteiger partial charge >= 0.3 is 0 Å². The molecule has 1 heterocycles. The molecule has 2 rings (SSSR count). The van der Waals surface area contributed by atoms with Gasteiger partial charge in [-0.2, -0.15) is 0 Å². The zero-order valence-electron chi connectivity index (χ0n) is 10.1. The van der Waals surface area contributed by atoms with Crippen molar-refractivity contribution in [2.75, 3.05) is 0 Å². The molecule has 16 heavy (non-hydrogen) atoms. The Hall–Kier alpha value is -0.830. The molecule has 1 aliphatic carbocycles. The lowest BCUT2D eigenvalue weighted by atomic mass is 9.76. The van der Waals surface area contributed by atoms with Crippen LogP contribution in [0.4, 0.5) is 0 Å². The summed E-state index contributed by atoms with van der Waals surface area (Å²) in [5.41, 5.74) is 2.71. The van der Waals surface area contributed by atoms with E-state index in [0.29, 0.717) is 5.41 Å². The molecule has 1 aromatic heterocycles. The van der Waals surface area contributed by atoms with Gasteiger partial charge in [0, 0.05) is 19.7 Å². The first-order chi connectivity index (χ1) is 7.44. The summed E-state index contributed by atoms with van der Waals surface area (Å²) < 4.78 is 1.74. The highest BCUT2D eigenvalue weighted by atomic mass is 35.5. The van der Waals surface area contributed by atoms with E-state index < -0.39 is 0 Å². The predicted molar refractivity (Wildman–Crippen MR) is 65.4 cm³/mol. The lowest BCUT2D eigenvalue weighted by molar-refractivity contribution is 0.320. The van der Waals surface area contributed by atoms with Gasteiger partial charge in [0.1, 0.15) is 0 Å². The fourth-order valence-corrected chi connectivity index (χ4v) is 3.01. The second-order valence-corrected chi connectivity index (χ2v) is 6.01. The summed E-state index contributed by atoms with van der Waals surface area (Å²) in [6, 6.07) is 0. The summed E-state index contributed by atoms with van der Waals surface area (Å²) in [5, 5.41) is 8.22. The molecule has 0 bridgehead atoms. The molecule has 1 aliphatic rings. The fraction of sp³-hybridized carbons (Fsp3) is 0.667. The number of aromatic nitrogens is 3. The van der Waals surface area contributed by atoms with E-state index in [1.54, 1.807) is 4.68 Å². The van der Waals surface area contributed by atoms with E-state index >= 15 is 0 Å². The molecule has 0 fully saturated rings. The molecule has 1 atom stereocenters. The van der Waals surface area contributed by atoms with Crippen LogP contribution in [0.25, 0.3) is 0 Å². The minimum Gasteiger partial charge on any atom is -0.255 e. The molecule has 4 heteroatoms. The lowest BCUT2D eigenvalue weighted by Crippen LogP contribution is -2.22. The molecular weight excluding hydrogens is 222 g/mol. The molecule has 0 aromatic carbocycles. The maximum Gasteiger partial charge on any atom is 0.0867 e. The largest absolute Gasteiger partial charge is 0.255 e. The summed E-state index contributed by atoms with van der Waals surface area (Å²) in [6.45, 7) is 4.54. The Labute approximate surface area is 101 Å². The first-order valence-electron chi connectivity index (χ1n) is 5.63. The maximum atomic E-state index is 6.25. The number of allylic oxidation sites excluding steroid dienone is 2. The third-order valence-corrected chi connectivity index (χ3v) is 3.21. The van der Waals surface area contributed by atoms with Gasteiger partial charge in [-0.3, -0.25) is 4.68 Å². The quantitative estimate of drug-likeness (QED) is 0.587. The minimum atomic E-state index is 0.162. The van der Waals surface area contributed by atoms with E-state index in [4.69, 9.17) is 11.6 Å². The van der Waals surface area contributed by atoms with Crippen molar-refractivity contribution in [3.8, 4) is 0 Å².